The van der Waals surface area contributed by atoms with E-state index in [2.05, 4.69) is 51.0 Å². The Hall–Kier alpha value is -1.09. The third-order valence-electron chi connectivity index (χ3n) is 2.15. The third kappa shape index (κ3) is 1.73. The summed E-state index contributed by atoms with van der Waals surface area (Å²) in [6, 6.07) is 8.34. The molecule has 1 N–H and O–H groups in total. The van der Waals surface area contributed by atoms with Crippen molar-refractivity contribution >= 4 is 15.9 Å². The number of nitrogens with zero attached hydrogens (tertiary/aromatic N) is 1. The molecular formula is C11H11BrN2. The van der Waals surface area contributed by atoms with Gasteiger partial charge in [-0.1, -0.05) is 23.8 Å². The maximum atomic E-state index is 4.38. The van der Waals surface area contributed by atoms with E-state index < -0.39 is 0 Å². The van der Waals surface area contributed by atoms with Gasteiger partial charge < -0.3 is 4.98 Å². The molecule has 2 aromatic rings. The highest BCUT2D eigenvalue weighted by molar-refractivity contribution is 9.10. The highest BCUT2D eigenvalue weighted by Crippen LogP contribution is 2.23. The number of aromatic nitrogens is 2. The zero-order valence-corrected chi connectivity index (χ0v) is 9.72. The average Bonchev–Trinajstić information content (AvgIpc) is 2.45. The van der Waals surface area contributed by atoms with Crippen molar-refractivity contribution in [1.29, 1.82) is 0 Å². The lowest BCUT2D eigenvalue weighted by atomic mass is 10.1. The van der Waals surface area contributed by atoms with Gasteiger partial charge >= 0.3 is 0 Å². The molecule has 3 heteroatoms. The Kier molecular flexibility index (Phi) is 2.42. The number of hydrogen-bond acceptors (Lipinski definition) is 1. The molecule has 0 aliphatic carbocycles. The number of nitrogens with one attached hydrogen (secondary N) is 1. The van der Waals surface area contributed by atoms with Gasteiger partial charge in [-0.15, -0.1) is 0 Å². The molecule has 2 rings (SSSR count). The number of imidazole rings is 1. The molecule has 0 fully saturated rings. The summed E-state index contributed by atoms with van der Waals surface area (Å²) in [5.41, 5.74) is 4.51. The van der Waals surface area contributed by atoms with Gasteiger partial charge in [-0.05, 0) is 35.8 Å². The first kappa shape index (κ1) is 9.46. The molecule has 0 saturated heterocycles. The SMILES string of the molecule is Cc1cccc(-c2nc(Br)[nH]c2C)c1. The predicted molar refractivity (Wildman–Crippen MR) is 61.2 cm³/mol. The Morgan fingerprint density at radius 3 is 2.64 bits per heavy atom. The summed E-state index contributed by atoms with van der Waals surface area (Å²) < 4.78 is 0.784. The minimum atomic E-state index is 0.784. The van der Waals surface area contributed by atoms with Crippen molar-refractivity contribution in [2.24, 2.45) is 0 Å². The van der Waals surface area contributed by atoms with Crippen molar-refractivity contribution in [1.82, 2.24) is 9.97 Å². The summed E-state index contributed by atoms with van der Waals surface area (Å²) in [6.07, 6.45) is 0. The standard InChI is InChI=1S/C11H11BrN2/c1-7-4-3-5-9(6-7)10-8(2)13-11(12)14-10/h3-6H,1-2H3,(H,13,14). The van der Waals surface area contributed by atoms with Crippen LogP contribution in [0.5, 0.6) is 0 Å². The molecule has 0 amide bonds. The minimum Gasteiger partial charge on any atom is -0.336 e. The summed E-state index contributed by atoms with van der Waals surface area (Å²) in [4.78, 5) is 7.51. The van der Waals surface area contributed by atoms with Crippen LogP contribution in [0.2, 0.25) is 0 Å². The number of hydrogen-bond donors (Lipinski definition) is 1. The maximum absolute atomic E-state index is 4.38. The Bertz CT molecular complexity index is 460. The molecule has 2 nitrogen and oxygen atoms in total. The fraction of sp³-hybridized carbons (Fsp3) is 0.182. The van der Waals surface area contributed by atoms with Crippen LogP contribution in [0.4, 0.5) is 0 Å². The highest BCUT2D eigenvalue weighted by Gasteiger charge is 2.06. The van der Waals surface area contributed by atoms with Gasteiger partial charge in [0, 0.05) is 11.3 Å². The molecule has 0 spiro atoms. The van der Waals surface area contributed by atoms with Gasteiger partial charge in [0.2, 0.25) is 0 Å². The van der Waals surface area contributed by atoms with Gasteiger partial charge in [0.1, 0.15) is 0 Å². The van der Waals surface area contributed by atoms with E-state index in [1.54, 1.807) is 0 Å². The summed E-state index contributed by atoms with van der Waals surface area (Å²) in [7, 11) is 0. The summed E-state index contributed by atoms with van der Waals surface area (Å²) >= 11 is 3.33. The van der Waals surface area contributed by atoms with Gasteiger partial charge in [0.05, 0.1) is 5.69 Å². The first-order chi connectivity index (χ1) is 6.66. The van der Waals surface area contributed by atoms with Gasteiger partial charge in [-0.2, -0.15) is 0 Å². The number of aromatic amines is 1. The minimum absolute atomic E-state index is 0.784. The number of benzene rings is 1. The third-order valence-corrected chi connectivity index (χ3v) is 2.52. The number of rotatable bonds is 1. The van der Waals surface area contributed by atoms with Crippen LogP contribution >= 0.6 is 15.9 Å². The smallest absolute Gasteiger partial charge is 0.175 e. The monoisotopic (exact) mass is 250 g/mol. The Morgan fingerprint density at radius 2 is 2.07 bits per heavy atom. The van der Waals surface area contributed by atoms with Crippen LogP contribution < -0.4 is 0 Å². The van der Waals surface area contributed by atoms with Crippen LogP contribution in [0.25, 0.3) is 11.3 Å². The quantitative estimate of drug-likeness (QED) is 0.826. The maximum Gasteiger partial charge on any atom is 0.175 e. The van der Waals surface area contributed by atoms with E-state index in [1.807, 2.05) is 13.0 Å². The normalized spacial score (nSPS) is 10.5. The van der Waals surface area contributed by atoms with E-state index in [0.717, 1.165) is 21.7 Å². The van der Waals surface area contributed by atoms with Gasteiger partial charge in [0.25, 0.3) is 0 Å². The van der Waals surface area contributed by atoms with Crippen molar-refractivity contribution in [2.45, 2.75) is 13.8 Å². The summed E-state index contributed by atoms with van der Waals surface area (Å²) in [6.45, 7) is 4.11. The number of aryl methyl sites for hydroxylation is 2. The van der Waals surface area contributed by atoms with Crippen LogP contribution in [-0.4, -0.2) is 9.97 Å². The van der Waals surface area contributed by atoms with Crippen LogP contribution in [0, 0.1) is 13.8 Å². The van der Waals surface area contributed by atoms with E-state index in [0.29, 0.717) is 0 Å². The molecule has 1 aromatic carbocycles. The molecule has 0 radical (unpaired) electrons. The fourth-order valence-corrected chi connectivity index (χ4v) is 1.97. The first-order valence-corrected chi connectivity index (χ1v) is 5.25. The van der Waals surface area contributed by atoms with E-state index in [9.17, 15) is 0 Å². The molecule has 0 unspecified atom stereocenters. The van der Waals surface area contributed by atoms with E-state index in [-0.39, 0.29) is 0 Å². The molecule has 0 saturated carbocycles. The lowest BCUT2D eigenvalue weighted by Crippen LogP contribution is -1.82. The van der Waals surface area contributed by atoms with Crippen LogP contribution in [0.3, 0.4) is 0 Å². The molecule has 14 heavy (non-hydrogen) atoms. The molecule has 0 bridgehead atoms. The summed E-state index contributed by atoms with van der Waals surface area (Å²) in [5.74, 6) is 0. The predicted octanol–water partition coefficient (Wildman–Crippen LogP) is 3.46. The first-order valence-electron chi connectivity index (χ1n) is 4.46. The molecule has 0 aliphatic heterocycles. The second kappa shape index (κ2) is 3.58. The summed E-state index contributed by atoms with van der Waals surface area (Å²) in [5, 5.41) is 0. The Labute approximate surface area is 91.5 Å². The molecule has 0 atom stereocenters. The van der Waals surface area contributed by atoms with Crippen molar-refractivity contribution in [3.63, 3.8) is 0 Å². The van der Waals surface area contributed by atoms with Gasteiger partial charge in [-0.25, -0.2) is 4.98 Å². The molecule has 1 aromatic heterocycles. The fourth-order valence-electron chi connectivity index (χ4n) is 1.50. The second-order valence-electron chi connectivity index (χ2n) is 3.37. The molecule has 72 valence electrons. The van der Waals surface area contributed by atoms with Crippen molar-refractivity contribution in [3.05, 3.63) is 40.3 Å². The number of halogens is 1. The van der Waals surface area contributed by atoms with E-state index in [4.69, 9.17) is 0 Å². The van der Waals surface area contributed by atoms with E-state index in [1.165, 1.54) is 5.56 Å². The zero-order chi connectivity index (χ0) is 10.1. The topological polar surface area (TPSA) is 28.7 Å². The zero-order valence-electron chi connectivity index (χ0n) is 8.13. The molecular weight excluding hydrogens is 240 g/mol. The van der Waals surface area contributed by atoms with Crippen LogP contribution in [0.1, 0.15) is 11.3 Å². The van der Waals surface area contributed by atoms with Crippen molar-refractivity contribution in [3.8, 4) is 11.3 Å². The van der Waals surface area contributed by atoms with Crippen molar-refractivity contribution in [2.75, 3.05) is 0 Å². The molecule has 0 aliphatic rings. The highest BCUT2D eigenvalue weighted by atomic mass is 79.9. The number of H-pyrrole nitrogens is 1. The van der Waals surface area contributed by atoms with Gasteiger partial charge in [-0.3, -0.25) is 0 Å². The van der Waals surface area contributed by atoms with E-state index >= 15 is 0 Å². The lowest BCUT2D eigenvalue weighted by molar-refractivity contribution is 1.20. The van der Waals surface area contributed by atoms with Crippen molar-refractivity contribution < 1.29 is 0 Å². The average molecular weight is 251 g/mol. The van der Waals surface area contributed by atoms with Gasteiger partial charge in [0.15, 0.2) is 4.73 Å². The second-order valence-corrected chi connectivity index (χ2v) is 4.12. The Balaban J connectivity index is 2.54. The largest absolute Gasteiger partial charge is 0.336 e. The Morgan fingerprint density at radius 1 is 1.29 bits per heavy atom. The van der Waals surface area contributed by atoms with Crippen LogP contribution in [0.15, 0.2) is 29.0 Å². The lowest BCUT2D eigenvalue weighted by Gasteiger charge is -1.99. The molecule has 1 heterocycles. The van der Waals surface area contributed by atoms with Crippen LogP contribution in [-0.2, 0) is 0 Å².